The predicted molar refractivity (Wildman–Crippen MR) is 145 cm³/mol. The molecule has 0 aromatic heterocycles. The maximum atomic E-state index is 13.5. The van der Waals surface area contributed by atoms with Gasteiger partial charge in [0.1, 0.15) is 23.3 Å². The Morgan fingerprint density at radius 3 is 2.31 bits per heavy atom. The molecule has 0 unspecified atom stereocenters. The fraction of sp³-hybridized carbons (Fsp3) is 0.214. The quantitative estimate of drug-likeness (QED) is 0.419. The molecule has 1 aliphatic rings. The van der Waals surface area contributed by atoms with Crippen molar-refractivity contribution in [3.8, 4) is 17.2 Å². The number of allylic oxidation sites excluding steroid dienone is 1. The van der Waals surface area contributed by atoms with Crippen molar-refractivity contribution in [1.29, 1.82) is 0 Å². The van der Waals surface area contributed by atoms with Crippen molar-refractivity contribution in [2.24, 2.45) is 4.99 Å². The number of carbonyl (C=O) groups excluding carboxylic acids is 1. The number of amides is 1. The molecule has 0 fully saturated rings. The highest BCUT2D eigenvalue weighted by Crippen LogP contribution is 2.39. The molecule has 0 saturated heterocycles. The van der Waals surface area contributed by atoms with E-state index >= 15 is 0 Å². The Labute approximate surface area is 215 Å². The van der Waals surface area contributed by atoms with Gasteiger partial charge in [-0.05, 0) is 48.9 Å². The van der Waals surface area contributed by atoms with Crippen LogP contribution >= 0.6 is 11.8 Å². The monoisotopic (exact) mass is 503 g/mol. The molecule has 3 aromatic rings. The van der Waals surface area contributed by atoms with Crippen LogP contribution < -0.4 is 24.8 Å². The number of rotatable bonds is 8. The Balaban J connectivity index is 1.66. The van der Waals surface area contributed by atoms with Crippen molar-refractivity contribution in [1.82, 2.24) is 5.32 Å². The molecule has 0 aliphatic carbocycles. The van der Waals surface area contributed by atoms with Gasteiger partial charge in [0.25, 0.3) is 5.91 Å². The number of ether oxygens (including phenoxy) is 3. The maximum Gasteiger partial charge on any atom is 0.255 e. The number of hydrogen-bond acceptors (Lipinski definition) is 7. The van der Waals surface area contributed by atoms with Crippen LogP contribution in [0.25, 0.3) is 0 Å². The van der Waals surface area contributed by atoms with Gasteiger partial charge in [-0.25, -0.2) is 4.99 Å². The van der Waals surface area contributed by atoms with E-state index in [0.717, 1.165) is 27.7 Å². The van der Waals surface area contributed by atoms with Crippen molar-refractivity contribution in [2.75, 3.05) is 26.6 Å². The summed E-state index contributed by atoms with van der Waals surface area (Å²) in [6, 6.07) is 22.3. The van der Waals surface area contributed by atoms with E-state index in [2.05, 4.69) is 10.6 Å². The van der Waals surface area contributed by atoms with Crippen LogP contribution in [0.3, 0.4) is 0 Å². The van der Waals surface area contributed by atoms with Crippen molar-refractivity contribution in [2.45, 2.75) is 18.7 Å². The van der Waals surface area contributed by atoms with Crippen LogP contribution in [0.15, 0.2) is 89.1 Å². The van der Waals surface area contributed by atoms with Gasteiger partial charge in [0.05, 0.1) is 26.9 Å². The first-order valence-corrected chi connectivity index (χ1v) is 12.4. The predicted octanol–water partition coefficient (Wildman–Crippen LogP) is 5.56. The minimum atomic E-state index is -0.561. The number of nitrogens with zero attached hydrogens (tertiary/aromatic N) is 1. The number of anilines is 1. The van der Waals surface area contributed by atoms with Crippen LogP contribution in [-0.4, -0.2) is 32.4 Å². The zero-order chi connectivity index (χ0) is 25.5. The van der Waals surface area contributed by atoms with Gasteiger partial charge in [-0.15, -0.1) is 0 Å². The smallest absolute Gasteiger partial charge is 0.255 e. The Morgan fingerprint density at radius 2 is 1.64 bits per heavy atom. The summed E-state index contributed by atoms with van der Waals surface area (Å²) in [6.45, 7) is 1.89. The van der Waals surface area contributed by atoms with E-state index in [0.29, 0.717) is 28.5 Å². The lowest BCUT2D eigenvalue weighted by Crippen LogP contribution is -2.32. The van der Waals surface area contributed by atoms with Crippen molar-refractivity contribution < 1.29 is 19.0 Å². The molecule has 4 rings (SSSR count). The molecule has 0 saturated carbocycles. The zero-order valence-corrected chi connectivity index (χ0v) is 21.5. The molecule has 0 bridgehead atoms. The Kier molecular flexibility index (Phi) is 8.17. The summed E-state index contributed by atoms with van der Waals surface area (Å²) in [5.74, 6) is 2.57. The fourth-order valence-corrected chi connectivity index (χ4v) is 4.78. The lowest BCUT2D eigenvalue weighted by molar-refractivity contribution is -0.113. The van der Waals surface area contributed by atoms with E-state index in [1.807, 2.05) is 73.7 Å². The van der Waals surface area contributed by atoms with Crippen molar-refractivity contribution >= 4 is 28.5 Å². The van der Waals surface area contributed by atoms with Gasteiger partial charge < -0.3 is 24.8 Å². The molecule has 1 amide bonds. The average molecular weight is 504 g/mol. The normalized spacial score (nSPS) is 15.0. The number of hydrogen-bond donors (Lipinski definition) is 2. The van der Waals surface area contributed by atoms with Gasteiger partial charge in [-0.3, -0.25) is 4.79 Å². The molecule has 36 heavy (non-hydrogen) atoms. The molecular weight excluding hydrogens is 474 g/mol. The topological polar surface area (TPSA) is 81.2 Å². The minimum Gasteiger partial charge on any atom is -0.497 e. The standard InChI is InChI=1S/C28H29N3O4S/c1-18-25(27(32)30-20-8-6-5-7-9-20)26(23-15-14-22(34-3)16-24(23)35-4)31-28(29-18)36-17-19-10-12-21(33-2)13-11-19/h5-16,26H,17H2,1-4H3,(H,29,31)(H,30,32)/t26-/m0/s1. The van der Waals surface area contributed by atoms with Gasteiger partial charge in [0, 0.05) is 28.8 Å². The van der Waals surface area contributed by atoms with E-state index < -0.39 is 6.04 Å². The maximum absolute atomic E-state index is 13.5. The molecular formula is C28H29N3O4S. The summed E-state index contributed by atoms with van der Waals surface area (Å²) < 4.78 is 16.3. The van der Waals surface area contributed by atoms with Crippen LogP contribution in [0.1, 0.15) is 24.1 Å². The number of carbonyl (C=O) groups is 1. The molecule has 2 N–H and O–H groups in total. The van der Waals surface area contributed by atoms with Gasteiger partial charge in [-0.2, -0.15) is 0 Å². The Morgan fingerprint density at radius 1 is 0.944 bits per heavy atom. The lowest BCUT2D eigenvalue weighted by Gasteiger charge is -2.27. The number of benzene rings is 3. The summed E-state index contributed by atoms with van der Waals surface area (Å²) in [6.07, 6.45) is 0. The summed E-state index contributed by atoms with van der Waals surface area (Å²) in [5, 5.41) is 7.05. The first kappa shape index (κ1) is 25.2. The van der Waals surface area contributed by atoms with Gasteiger partial charge in [0.15, 0.2) is 5.17 Å². The van der Waals surface area contributed by atoms with Gasteiger partial charge in [0.2, 0.25) is 0 Å². The number of para-hydroxylation sites is 1. The van der Waals surface area contributed by atoms with Crippen LogP contribution in [0.4, 0.5) is 5.69 Å². The minimum absolute atomic E-state index is 0.225. The lowest BCUT2D eigenvalue weighted by atomic mass is 9.95. The van der Waals surface area contributed by atoms with Gasteiger partial charge >= 0.3 is 0 Å². The second-order valence-corrected chi connectivity index (χ2v) is 9.03. The highest BCUT2D eigenvalue weighted by Gasteiger charge is 2.31. The third-order valence-corrected chi connectivity index (χ3v) is 6.72. The molecule has 1 aliphatic heterocycles. The van der Waals surface area contributed by atoms with Crippen molar-refractivity contribution in [3.63, 3.8) is 0 Å². The van der Waals surface area contributed by atoms with Gasteiger partial charge in [-0.1, -0.05) is 42.1 Å². The molecule has 0 radical (unpaired) electrons. The number of aliphatic imine (C=N–C) groups is 1. The molecule has 186 valence electrons. The molecule has 7 nitrogen and oxygen atoms in total. The van der Waals surface area contributed by atoms with Crippen molar-refractivity contribution in [3.05, 3.63) is 95.2 Å². The second-order valence-electron chi connectivity index (χ2n) is 8.07. The first-order valence-electron chi connectivity index (χ1n) is 11.4. The molecule has 0 spiro atoms. The Hall–Kier alpha value is -3.91. The summed E-state index contributed by atoms with van der Waals surface area (Å²) >= 11 is 1.57. The number of methoxy groups -OCH3 is 3. The third kappa shape index (κ3) is 5.83. The molecule has 1 atom stereocenters. The first-order chi connectivity index (χ1) is 17.5. The number of amidine groups is 1. The zero-order valence-electron chi connectivity index (χ0n) is 20.7. The third-order valence-electron chi connectivity index (χ3n) is 5.76. The number of thioether (sulfide) groups is 1. The van der Waals surface area contributed by atoms with Crippen LogP contribution in [0.5, 0.6) is 17.2 Å². The highest BCUT2D eigenvalue weighted by molar-refractivity contribution is 8.13. The SMILES string of the molecule is COc1ccc(CSC2=N[C@@H](c3ccc(OC)cc3OC)C(C(=O)Nc3ccccc3)=C(C)N2)cc1. The van der Waals surface area contributed by atoms with E-state index in [1.165, 1.54) is 0 Å². The summed E-state index contributed by atoms with van der Waals surface area (Å²) in [5.41, 5.74) is 3.89. The average Bonchev–Trinajstić information content (AvgIpc) is 2.91. The second kappa shape index (κ2) is 11.7. The van der Waals surface area contributed by atoms with Crippen LogP contribution in [0.2, 0.25) is 0 Å². The van der Waals surface area contributed by atoms with Crippen LogP contribution in [0, 0.1) is 0 Å². The summed E-state index contributed by atoms with van der Waals surface area (Å²) in [4.78, 5) is 18.4. The van der Waals surface area contributed by atoms with Crippen LogP contribution in [-0.2, 0) is 10.5 Å². The largest absolute Gasteiger partial charge is 0.497 e. The van der Waals surface area contributed by atoms with E-state index in [9.17, 15) is 4.79 Å². The summed E-state index contributed by atoms with van der Waals surface area (Å²) in [7, 11) is 4.86. The number of nitrogens with one attached hydrogen (secondary N) is 2. The molecule has 3 aromatic carbocycles. The van der Waals surface area contributed by atoms with E-state index in [-0.39, 0.29) is 5.91 Å². The molecule has 8 heteroatoms. The highest BCUT2D eigenvalue weighted by atomic mass is 32.2. The fourth-order valence-electron chi connectivity index (χ4n) is 3.88. The Bertz CT molecular complexity index is 1270. The molecule has 1 heterocycles. The van der Waals surface area contributed by atoms with E-state index in [4.69, 9.17) is 19.2 Å². The van der Waals surface area contributed by atoms with E-state index in [1.54, 1.807) is 39.2 Å².